The summed E-state index contributed by atoms with van der Waals surface area (Å²) in [6.07, 6.45) is 0. The third kappa shape index (κ3) is 4.54. The van der Waals surface area contributed by atoms with Crippen molar-refractivity contribution in [1.29, 1.82) is 0 Å². The summed E-state index contributed by atoms with van der Waals surface area (Å²) < 4.78 is 15.2. The first kappa shape index (κ1) is 24.9. The summed E-state index contributed by atoms with van der Waals surface area (Å²) in [5.41, 5.74) is 10.8. The van der Waals surface area contributed by atoms with E-state index in [4.69, 9.17) is 5.73 Å². The highest BCUT2D eigenvalue weighted by atomic mass is 19.1. The van der Waals surface area contributed by atoms with Crippen LogP contribution in [0.5, 0.6) is 0 Å². The number of imidazole rings is 1. The number of hydrogen-bond acceptors (Lipinski definition) is 3. The van der Waals surface area contributed by atoms with Gasteiger partial charge in [-0.15, -0.1) is 0 Å². The van der Waals surface area contributed by atoms with Crippen LogP contribution in [0.4, 0.5) is 4.39 Å². The molecule has 5 rings (SSSR count). The van der Waals surface area contributed by atoms with Gasteiger partial charge in [0.05, 0.1) is 5.54 Å². The molecule has 7 heteroatoms. The minimum atomic E-state index is -0.645. The van der Waals surface area contributed by atoms with E-state index in [0.717, 1.165) is 22.4 Å². The molecule has 38 heavy (non-hydrogen) atoms. The number of carbonyl (C=O) groups excluding carboxylic acids is 2. The fourth-order valence-corrected chi connectivity index (χ4v) is 4.74. The second-order valence-corrected chi connectivity index (χ2v) is 9.73. The topological polar surface area (TPSA) is 89.5 Å². The number of halogens is 1. The van der Waals surface area contributed by atoms with E-state index in [1.165, 1.54) is 12.1 Å². The molecule has 6 nitrogen and oxygen atoms in total. The van der Waals surface area contributed by atoms with Crippen LogP contribution in [0.15, 0.2) is 91.0 Å². The Morgan fingerprint density at radius 3 is 2.29 bits per heavy atom. The summed E-state index contributed by atoms with van der Waals surface area (Å²) in [6, 6.07) is 26.6. The van der Waals surface area contributed by atoms with Crippen LogP contribution in [0.1, 0.15) is 46.0 Å². The van der Waals surface area contributed by atoms with Crippen molar-refractivity contribution >= 4 is 17.5 Å². The van der Waals surface area contributed by atoms with Crippen molar-refractivity contribution in [3.8, 4) is 22.4 Å². The number of rotatable bonds is 6. The number of pyridine rings is 1. The highest BCUT2D eigenvalue weighted by Gasteiger charge is 2.24. The smallest absolute Gasteiger partial charge is 0.268 e. The van der Waals surface area contributed by atoms with E-state index in [1.807, 2.05) is 75.4 Å². The molecule has 0 bridgehead atoms. The molecule has 0 aliphatic carbocycles. The van der Waals surface area contributed by atoms with Gasteiger partial charge < -0.3 is 11.1 Å². The normalized spacial score (nSPS) is 11.5. The van der Waals surface area contributed by atoms with Gasteiger partial charge in [-0.1, -0.05) is 42.5 Å². The van der Waals surface area contributed by atoms with Gasteiger partial charge in [0.15, 0.2) is 0 Å². The zero-order valence-electron chi connectivity index (χ0n) is 21.3. The van der Waals surface area contributed by atoms with E-state index in [-0.39, 0.29) is 17.4 Å². The van der Waals surface area contributed by atoms with E-state index in [0.29, 0.717) is 22.5 Å². The van der Waals surface area contributed by atoms with Crippen molar-refractivity contribution in [1.82, 2.24) is 14.7 Å². The number of carbonyl (C=O) groups is 2. The van der Waals surface area contributed by atoms with Crippen molar-refractivity contribution < 1.29 is 14.0 Å². The number of hydrogen-bond donors (Lipinski definition) is 2. The molecule has 5 aromatic rings. The Kier molecular flexibility index (Phi) is 6.28. The highest BCUT2D eigenvalue weighted by Crippen LogP contribution is 2.31. The predicted octanol–water partition coefficient (Wildman–Crippen LogP) is 5.88. The summed E-state index contributed by atoms with van der Waals surface area (Å²) >= 11 is 0. The Balaban J connectivity index is 1.55. The number of nitrogens with two attached hydrogens (primary N) is 1. The van der Waals surface area contributed by atoms with E-state index in [1.54, 1.807) is 28.7 Å². The molecule has 0 aliphatic heterocycles. The van der Waals surface area contributed by atoms with Gasteiger partial charge in [-0.2, -0.15) is 0 Å². The maximum absolute atomic E-state index is 13.5. The van der Waals surface area contributed by atoms with Crippen LogP contribution in [0, 0.1) is 12.7 Å². The molecule has 0 unspecified atom stereocenters. The number of amides is 2. The average molecular weight is 507 g/mol. The van der Waals surface area contributed by atoms with Crippen molar-refractivity contribution in [3.63, 3.8) is 0 Å². The minimum absolute atomic E-state index is 0.196. The van der Waals surface area contributed by atoms with Gasteiger partial charge in [0.2, 0.25) is 0 Å². The van der Waals surface area contributed by atoms with Gasteiger partial charge in [-0.25, -0.2) is 9.37 Å². The molecule has 0 saturated heterocycles. The molecule has 0 spiro atoms. The molecule has 0 atom stereocenters. The maximum atomic E-state index is 13.5. The van der Waals surface area contributed by atoms with Crippen LogP contribution in [0.3, 0.4) is 0 Å². The second kappa shape index (κ2) is 9.59. The van der Waals surface area contributed by atoms with Gasteiger partial charge in [0.1, 0.15) is 22.9 Å². The number of aryl methyl sites for hydroxylation is 1. The van der Waals surface area contributed by atoms with Gasteiger partial charge in [0, 0.05) is 22.4 Å². The third-order valence-electron chi connectivity index (χ3n) is 6.74. The first-order valence-corrected chi connectivity index (χ1v) is 12.2. The molecule has 2 aromatic heterocycles. The highest BCUT2D eigenvalue weighted by molar-refractivity contribution is 5.99. The number of aromatic nitrogens is 2. The van der Waals surface area contributed by atoms with Gasteiger partial charge in [0.25, 0.3) is 11.8 Å². The quantitative estimate of drug-likeness (QED) is 0.301. The Morgan fingerprint density at radius 1 is 0.895 bits per heavy atom. The molecule has 2 amide bonds. The summed E-state index contributed by atoms with van der Waals surface area (Å²) in [6.45, 7) is 5.80. The molecule has 190 valence electrons. The predicted molar refractivity (Wildman–Crippen MR) is 146 cm³/mol. The third-order valence-corrected chi connectivity index (χ3v) is 6.74. The summed E-state index contributed by atoms with van der Waals surface area (Å²) in [5.74, 6) is -1.22. The lowest BCUT2D eigenvalue weighted by Crippen LogP contribution is -2.40. The Bertz CT molecular complexity index is 1670. The number of primary amides is 1. The lowest BCUT2D eigenvalue weighted by Gasteiger charge is -2.27. The Morgan fingerprint density at radius 2 is 1.61 bits per heavy atom. The van der Waals surface area contributed by atoms with Crippen molar-refractivity contribution in [2.75, 3.05) is 0 Å². The monoisotopic (exact) mass is 506 g/mol. The van der Waals surface area contributed by atoms with Crippen LogP contribution in [-0.2, 0) is 5.54 Å². The van der Waals surface area contributed by atoms with Gasteiger partial charge in [-0.3, -0.25) is 14.0 Å². The molecule has 3 aromatic carbocycles. The summed E-state index contributed by atoms with van der Waals surface area (Å²) in [5, 5.41) is 3.12. The first-order chi connectivity index (χ1) is 18.2. The number of fused-ring (bicyclic) bond motifs is 1. The van der Waals surface area contributed by atoms with E-state index >= 15 is 0 Å². The molecule has 0 aliphatic rings. The Labute approximate surface area is 220 Å². The van der Waals surface area contributed by atoms with Crippen LogP contribution in [0.25, 0.3) is 28.0 Å². The molecule has 2 heterocycles. The molecular weight excluding hydrogens is 479 g/mol. The van der Waals surface area contributed by atoms with Crippen molar-refractivity contribution in [2.24, 2.45) is 5.73 Å². The number of nitrogens with one attached hydrogen (secondary N) is 1. The van der Waals surface area contributed by atoms with Crippen LogP contribution in [0.2, 0.25) is 0 Å². The number of nitrogens with zero attached hydrogens (tertiary/aromatic N) is 2. The molecule has 0 radical (unpaired) electrons. The van der Waals surface area contributed by atoms with Crippen LogP contribution < -0.4 is 11.1 Å². The lowest BCUT2D eigenvalue weighted by molar-refractivity contribution is 0.0911. The largest absolute Gasteiger partial charge is 0.364 e. The van der Waals surface area contributed by atoms with Gasteiger partial charge >= 0.3 is 0 Å². The molecule has 0 fully saturated rings. The molecule has 0 saturated carbocycles. The van der Waals surface area contributed by atoms with Gasteiger partial charge in [-0.05, 0) is 80.4 Å². The number of benzene rings is 3. The first-order valence-electron chi connectivity index (χ1n) is 12.2. The summed E-state index contributed by atoms with van der Waals surface area (Å²) in [7, 11) is 0. The fraction of sp³-hybridized carbons (Fsp3) is 0.129. The Hall–Kier alpha value is -4.78. The molecule has 3 N–H and O–H groups in total. The fourth-order valence-electron chi connectivity index (χ4n) is 4.74. The van der Waals surface area contributed by atoms with E-state index < -0.39 is 11.4 Å². The summed E-state index contributed by atoms with van der Waals surface area (Å²) in [4.78, 5) is 30.4. The SMILES string of the molecule is Cc1c(-c2cccc(C(=O)NC(C)(C)c3ccccc3)c2)ccc2nc(-c3ccc(F)cc3)c(C(N)=O)n12. The zero-order valence-corrected chi connectivity index (χ0v) is 21.3. The maximum Gasteiger partial charge on any atom is 0.268 e. The average Bonchev–Trinajstić information content (AvgIpc) is 3.31. The zero-order chi connectivity index (χ0) is 27.0. The van der Waals surface area contributed by atoms with E-state index in [9.17, 15) is 14.0 Å². The standard InChI is InChI=1S/C31H27FN4O2/c1-19-25(16-17-26-34-27(28(29(33)37)36(19)26)20-12-14-24(32)15-13-20)21-8-7-9-22(18-21)30(38)35-31(2,3)23-10-5-4-6-11-23/h4-18H,1-3H3,(H2,33,37)(H,35,38). The second-order valence-electron chi connectivity index (χ2n) is 9.73. The van der Waals surface area contributed by atoms with Crippen molar-refractivity contribution in [3.05, 3.63) is 119 Å². The van der Waals surface area contributed by atoms with Crippen LogP contribution in [-0.4, -0.2) is 21.2 Å². The lowest BCUT2D eigenvalue weighted by atomic mass is 9.93. The van der Waals surface area contributed by atoms with E-state index in [2.05, 4.69) is 10.3 Å². The van der Waals surface area contributed by atoms with Crippen LogP contribution >= 0.6 is 0 Å². The minimum Gasteiger partial charge on any atom is -0.364 e. The van der Waals surface area contributed by atoms with Crippen molar-refractivity contribution in [2.45, 2.75) is 26.3 Å². The molecular formula is C31H27FN4O2.